The van der Waals surface area contributed by atoms with Gasteiger partial charge in [-0.25, -0.2) is 0 Å². The van der Waals surface area contributed by atoms with Crippen molar-refractivity contribution in [2.45, 2.75) is 19.4 Å². The minimum absolute atomic E-state index is 0.262. The minimum atomic E-state index is 0.262. The number of hydrogen-bond acceptors (Lipinski definition) is 3. The Hall–Kier alpha value is -0.580. The van der Waals surface area contributed by atoms with E-state index in [2.05, 4.69) is 57.9 Å². The molecule has 1 heterocycles. The summed E-state index contributed by atoms with van der Waals surface area (Å²) in [4.78, 5) is 4.75. The summed E-state index contributed by atoms with van der Waals surface area (Å²) in [6, 6.07) is 6.94. The quantitative estimate of drug-likeness (QED) is 0.927. The molecule has 1 saturated heterocycles. The van der Waals surface area contributed by atoms with Gasteiger partial charge in [-0.1, -0.05) is 6.07 Å². The Morgan fingerprint density at radius 1 is 1.39 bits per heavy atom. The highest BCUT2D eigenvalue weighted by Crippen LogP contribution is 2.29. The molecular weight excluding hydrogens is 292 g/mol. The first-order chi connectivity index (χ1) is 8.61. The molecule has 0 amide bonds. The molecule has 1 aromatic rings. The summed E-state index contributed by atoms with van der Waals surface area (Å²) >= 11 is 3.65. The van der Waals surface area contributed by atoms with Crippen LogP contribution in [-0.2, 0) is 0 Å². The zero-order valence-electron chi connectivity index (χ0n) is 11.1. The highest BCUT2D eigenvalue weighted by atomic mass is 79.9. The molecule has 18 heavy (non-hydrogen) atoms. The predicted octanol–water partition coefficient (Wildman–Crippen LogP) is 2.26. The average Bonchev–Trinajstić information content (AvgIpc) is 2.33. The summed E-state index contributed by atoms with van der Waals surface area (Å²) in [6.45, 7) is 5.44. The summed E-state index contributed by atoms with van der Waals surface area (Å²) < 4.78 is 1.16. The smallest absolute Gasteiger partial charge is 0.0511 e. The molecular formula is C14H21BrN2O. The monoisotopic (exact) mass is 312 g/mol. The Kier molecular flexibility index (Phi) is 4.65. The molecule has 0 saturated carbocycles. The molecule has 1 aliphatic rings. The molecule has 0 aromatic heterocycles. The average molecular weight is 313 g/mol. The number of nitrogens with zero attached hydrogens (tertiary/aromatic N) is 2. The van der Waals surface area contributed by atoms with Gasteiger partial charge in [0.05, 0.1) is 5.69 Å². The van der Waals surface area contributed by atoms with Gasteiger partial charge in [-0.2, -0.15) is 0 Å². The highest BCUT2D eigenvalue weighted by molar-refractivity contribution is 9.10. The Bertz CT molecular complexity index is 411. The highest BCUT2D eigenvalue weighted by Gasteiger charge is 2.24. The van der Waals surface area contributed by atoms with Crippen LogP contribution in [0.25, 0.3) is 0 Å². The second kappa shape index (κ2) is 6.04. The number of halogens is 1. The normalized spacial score (nSPS) is 21.3. The third kappa shape index (κ3) is 3.05. The number of aliphatic hydroxyl groups is 1. The second-order valence-electron chi connectivity index (χ2n) is 5.05. The van der Waals surface area contributed by atoms with Gasteiger partial charge in [0.1, 0.15) is 0 Å². The van der Waals surface area contributed by atoms with Crippen LogP contribution in [0.4, 0.5) is 5.69 Å². The van der Waals surface area contributed by atoms with Crippen molar-refractivity contribution in [2.75, 3.05) is 38.2 Å². The number of anilines is 1. The van der Waals surface area contributed by atoms with Gasteiger partial charge in [-0.05, 0) is 54.0 Å². The number of aliphatic hydroxyl groups excluding tert-OH is 1. The number of rotatable bonds is 3. The molecule has 3 nitrogen and oxygen atoms in total. The molecule has 0 aliphatic carbocycles. The number of piperazine rings is 1. The van der Waals surface area contributed by atoms with E-state index in [4.69, 9.17) is 5.11 Å². The summed E-state index contributed by atoms with van der Waals surface area (Å²) in [6.07, 6.45) is 0.844. The lowest BCUT2D eigenvalue weighted by molar-refractivity contribution is 0.171. The minimum Gasteiger partial charge on any atom is -0.396 e. The summed E-state index contributed by atoms with van der Waals surface area (Å²) in [7, 11) is 2.14. The maximum Gasteiger partial charge on any atom is 0.0511 e. The van der Waals surface area contributed by atoms with E-state index in [9.17, 15) is 0 Å². The van der Waals surface area contributed by atoms with Gasteiger partial charge in [-0.3, -0.25) is 4.90 Å². The standard InChI is InChI=1S/C14H21BrN2O/c1-11-3-4-14(13(15)9-11)17-7-6-16(2)12(10-17)5-8-18/h3-4,9,12,18H,5-8,10H2,1-2H3. The molecule has 2 rings (SSSR count). The Morgan fingerprint density at radius 2 is 2.17 bits per heavy atom. The fourth-order valence-corrected chi connectivity index (χ4v) is 3.24. The molecule has 4 heteroatoms. The van der Waals surface area contributed by atoms with E-state index >= 15 is 0 Å². The molecule has 0 radical (unpaired) electrons. The van der Waals surface area contributed by atoms with Crippen LogP contribution < -0.4 is 4.90 Å². The molecule has 1 unspecified atom stereocenters. The lowest BCUT2D eigenvalue weighted by Gasteiger charge is -2.41. The Morgan fingerprint density at radius 3 is 2.83 bits per heavy atom. The third-order valence-electron chi connectivity index (χ3n) is 3.68. The number of hydrogen-bond donors (Lipinski definition) is 1. The van der Waals surface area contributed by atoms with Gasteiger partial charge < -0.3 is 10.0 Å². The van der Waals surface area contributed by atoms with Crippen molar-refractivity contribution in [3.05, 3.63) is 28.2 Å². The molecule has 1 N–H and O–H groups in total. The lowest BCUT2D eigenvalue weighted by Crippen LogP contribution is -2.51. The van der Waals surface area contributed by atoms with Crippen LogP contribution in [0.15, 0.2) is 22.7 Å². The van der Waals surface area contributed by atoms with Gasteiger partial charge in [-0.15, -0.1) is 0 Å². The van der Waals surface area contributed by atoms with Crippen LogP contribution in [0.2, 0.25) is 0 Å². The molecule has 100 valence electrons. The van der Waals surface area contributed by atoms with Gasteiger partial charge in [0, 0.05) is 36.8 Å². The van der Waals surface area contributed by atoms with Crippen LogP contribution in [0.5, 0.6) is 0 Å². The second-order valence-corrected chi connectivity index (χ2v) is 5.90. The molecule has 1 atom stereocenters. The van der Waals surface area contributed by atoms with Crippen LogP contribution in [0.3, 0.4) is 0 Å². The van der Waals surface area contributed by atoms with Crippen LogP contribution in [0, 0.1) is 6.92 Å². The van der Waals surface area contributed by atoms with Crippen molar-refractivity contribution in [2.24, 2.45) is 0 Å². The summed E-state index contributed by atoms with van der Waals surface area (Å²) in [5.41, 5.74) is 2.53. The molecule has 1 aliphatic heterocycles. The maximum atomic E-state index is 9.13. The van der Waals surface area contributed by atoms with E-state index in [0.29, 0.717) is 6.04 Å². The number of aryl methyl sites for hydroxylation is 1. The van der Waals surface area contributed by atoms with Gasteiger partial charge in [0.2, 0.25) is 0 Å². The van der Waals surface area contributed by atoms with Gasteiger partial charge >= 0.3 is 0 Å². The summed E-state index contributed by atoms with van der Waals surface area (Å²) in [5, 5.41) is 9.13. The van der Waals surface area contributed by atoms with Gasteiger partial charge in [0.25, 0.3) is 0 Å². The zero-order valence-corrected chi connectivity index (χ0v) is 12.7. The molecule has 0 bridgehead atoms. The van der Waals surface area contributed by atoms with Crippen molar-refractivity contribution >= 4 is 21.6 Å². The van der Waals surface area contributed by atoms with Crippen molar-refractivity contribution in [1.82, 2.24) is 4.90 Å². The lowest BCUT2D eigenvalue weighted by atomic mass is 10.1. The summed E-state index contributed by atoms with van der Waals surface area (Å²) in [5.74, 6) is 0. The van der Waals surface area contributed by atoms with E-state index in [-0.39, 0.29) is 6.61 Å². The van der Waals surface area contributed by atoms with E-state index in [1.165, 1.54) is 11.3 Å². The van der Waals surface area contributed by atoms with Crippen molar-refractivity contribution in [3.63, 3.8) is 0 Å². The van der Waals surface area contributed by atoms with Gasteiger partial charge in [0.15, 0.2) is 0 Å². The largest absolute Gasteiger partial charge is 0.396 e. The number of benzene rings is 1. The van der Waals surface area contributed by atoms with Crippen molar-refractivity contribution in [1.29, 1.82) is 0 Å². The zero-order chi connectivity index (χ0) is 13.1. The van der Waals surface area contributed by atoms with Crippen molar-refractivity contribution < 1.29 is 5.11 Å². The Balaban J connectivity index is 2.13. The maximum absolute atomic E-state index is 9.13. The topological polar surface area (TPSA) is 26.7 Å². The fourth-order valence-electron chi connectivity index (χ4n) is 2.49. The number of likely N-dealkylation sites (N-methyl/N-ethyl adjacent to an activating group) is 1. The first kappa shape index (κ1) is 13.8. The first-order valence-electron chi connectivity index (χ1n) is 6.44. The molecule has 1 aromatic carbocycles. The molecule has 1 fully saturated rings. The van der Waals surface area contributed by atoms with E-state index in [0.717, 1.165) is 30.5 Å². The fraction of sp³-hybridized carbons (Fsp3) is 0.571. The van der Waals surface area contributed by atoms with E-state index in [1.807, 2.05) is 0 Å². The first-order valence-corrected chi connectivity index (χ1v) is 7.23. The van der Waals surface area contributed by atoms with Crippen LogP contribution in [0.1, 0.15) is 12.0 Å². The predicted molar refractivity (Wildman–Crippen MR) is 79.2 cm³/mol. The van der Waals surface area contributed by atoms with Crippen LogP contribution in [-0.4, -0.2) is 49.3 Å². The Labute approximate surface area is 118 Å². The van der Waals surface area contributed by atoms with E-state index in [1.54, 1.807) is 0 Å². The van der Waals surface area contributed by atoms with Crippen molar-refractivity contribution in [3.8, 4) is 0 Å². The SMILES string of the molecule is Cc1ccc(N2CCN(C)C(CCO)C2)c(Br)c1. The third-order valence-corrected chi connectivity index (χ3v) is 4.32. The van der Waals surface area contributed by atoms with E-state index < -0.39 is 0 Å². The van der Waals surface area contributed by atoms with Crippen LogP contribution >= 0.6 is 15.9 Å². The molecule has 0 spiro atoms.